The van der Waals surface area contributed by atoms with E-state index in [9.17, 15) is 0 Å². The van der Waals surface area contributed by atoms with Crippen LogP contribution in [0.4, 0.5) is 0 Å². The second-order valence-corrected chi connectivity index (χ2v) is 5.00. The number of hydrogen-bond acceptors (Lipinski definition) is 4. The highest BCUT2D eigenvalue weighted by Gasteiger charge is 2.24. The number of benzene rings is 2. The van der Waals surface area contributed by atoms with Gasteiger partial charge in [0.15, 0.2) is 0 Å². The molecule has 0 aliphatic carbocycles. The van der Waals surface area contributed by atoms with Crippen LogP contribution in [-0.4, -0.2) is 32.4 Å². The Morgan fingerprint density at radius 3 is 2.71 bits per heavy atom. The first-order valence-corrected chi connectivity index (χ1v) is 7.01. The lowest BCUT2D eigenvalue weighted by molar-refractivity contribution is -0.178. The van der Waals surface area contributed by atoms with Gasteiger partial charge in [-0.25, -0.2) is 0 Å². The van der Waals surface area contributed by atoms with Crippen LogP contribution in [0.2, 0.25) is 0 Å². The molecule has 0 fully saturated rings. The van der Waals surface area contributed by atoms with E-state index in [0.717, 1.165) is 22.6 Å². The molecular weight excluding hydrogens is 266 g/mol. The first-order valence-electron chi connectivity index (χ1n) is 7.01. The molecule has 1 heterocycles. The van der Waals surface area contributed by atoms with Crippen LogP contribution in [0.5, 0.6) is 11.5 Å². The van der Waals surface area contributed by atoms with Crippen LogP contribution in [0.25, 0.3) is 0 Å². The van der Waals surface area contributed by atoms with Crippen LogP contribution in [0.3, 0.4) is 0 Å². The number of methoxy groups -OCH3 is 1. The molecule has 0 radical (unpaired) electrons. The van der Waals surface area contributed by atoms with E-state index in [1.807, 2.05) is 48.5 Å². The van der Waals surface area contributed by atoms with Gasteiger partial charge in [0.1, 0.15) is 24.2 Å². The van der Waals surface area contributed by atoms with Crippen molar-refractivity contribution in [1.82, 2.24) is 5.06 Å². The van der Waals surface area contributed by atoms with Crippen LogP contribution in [0, 0.1) is 0 Å². The average molecular weight is 285 g/mol. The lowest BCUT2D eigenvalue weighted by atomic mass is 10.0. The average Bonchev–Trinajstić information content (AvgIpc) is 2.52. The summed E-state index contributed by atoms with van der Waals surface area (Å²) in [5, 5.41) is 1.82. The van der Waals surface area contributed by atoms with Crippen LogP contribution in [0.1, 0.15) is 17.2 Å². The van der Waals surface area contributed by atoms with E-state index in [1.165, 1.54) is 0 Å². The summed E-state index contributed by atoms with van der Waals surface area (Å²) in [6.45, 7) is 1.29. The lowest BCUT2D eigenvalue weighted by Crippen LogP contribution is -2.29. The lowest BCUT2D eigenvalue weighted by Gasteiger charge is -2.29. The van der Waals surface area contributed by atoms with E-state index >= 15 is 0 Å². The molecule has 1 aliphatic heterocycles. The molecule has 0 saturated carbocycles. The normalized spacial score (nSPS) is 19.0. The van der Waals surface area contributed by atoms with Gasteiger partial charge in [0, 0.05) is 18.7 Å². The van der Waals surface area contributed by atoms with Gasteiger partial charge in [-0.15, -0.1) is 0 Å². The summed E-state index contributed by atoms with van der Waals surface area (Å²) in [4.78, 5) is 6.09. The van der Waals surface area contributed by atoms with E-state index in [-0.39, 0.29) is 6.10 Å². The first kappa shape index (κ1) is 13.9. The van der Waals surface area contributed by atoms with Gasteiger partial charge in [-0.05, 0) is 17.7 Å². The Labute approximate surface area is 124 Å². The fourth-order valence-corrected chi connectivity index (χ4v) is 2.43. The minimum Gasteiger partial charge on any atom is -0.497 e. The zero-order chi connectivity index (χ0) is 14.7. The number of fused-ring (bicyclic) bond motifs is 1. The van der Waals surface area contributed by atoms with Gasteiger partial charge in [0.25, 0.3) is 0 Å². The zero-order valence-electron chi connectivity index (χ0n) is 12.3. The molecule has 0 aromatic heterocycles. The van der Waals surface area contributed by atoms with Crippen LogP contribution < -0.4 is 9.47 Å². The molecule has 0 saturated heterocycles. The molecule has 1 aliphatic rings. The standard InChI is InChI=1S/C17H19NO3/c1-18-10-11-20-16-12-14(19-2)8-9-15(16)17(21-18)13-6-4-3-5-7-13/h3-9,12,17H,10-11H2,1-2H3/t17-/m1/s1. The summed E-state index contributed by atoms with van der Waals surface area (Å²) in [5.41, 5.74) is 2.11. The van der Waals surface area contributed by atoms with Gasteiger partial charge >= 0.3 is 0 Å². The Morgan fingerprint density at radius 1 is 1.14 bits per heavy atom. The number of likely N-dealkylation sites (N-methyl/N-ethyl adjacent to an activating group) is 1. The topological polar surface area (TPSA) is 30.9 Å². The van der Waals surface area contributed by atoms with Gasteiger partial charge in [-0.1, -0.05) is 30.3 Å². The van der Waals surface area contributed by atoms with Crippen molar-refractivity contribution in [2.75, 3.05) is 27.3 Å². The predicted molar refractivity (Wildman–Crippen MR) is 80.5 cm³/mol. The quantitative estimate of drug-likeness (QED) is 0.848. The van der Waals surface area contributed by atoms with Crippen molar-refractivity contribution in [2.45, 2.75) is 6.10 Å². The molecule has 0 unspecified atom stereocenters. The molecule has 4 nitrogen and oxygen atoms in total. The van der Waals surface area contributed by atoms with E-state index in [4.69, 9.17) is 14.3 Å². The molecular formula is C17H19NO3. The van der Waals surface area contributed by atoms with E-state index in [1.54, 1.807) is 7.11 Å². The van der Waals surface area contributed by atoms with Gasteiger partial charge in [0.2, 0.25) is 0 Å². The fourth-order valence-electron chi connectivity index (χ4n) is 2.43. The van der Waals surface area contributed by atoms with Crippen molar-refractivity contribution in [1.29, 1.82) is 0 Å². The zero-order valence-corrected chi connectivity index (χ0v) is 12.3. The fraction of sp³-hybridized carbons (Fsp3) is 0.294. The molecule has 3 rings (SSSR count). The molecule has 0 bridgehead atoms. The summed E-state index contributed by atoms with van der Waals surface area (Å²) >= 11 is 0. The van der Waals surface area contributed by atoms with E-state index in [0.29, 0.717) is 13.2 Å². The summed E-state index contributed by atoms with van der Waals surface area (Å²) in [7, 11) is 3.58. The smallest absolute Gasteiger partial charge is 0.133 e. The molecule has 2 aromatic carbocycles. The van der Waals surface area contributed by atoms with Gasteiger partial charge in [-0.3, -0.25) is 4.84 Å². The number of hydrogen-bond donors (Lipinski definition) is 0. The maximum absolute atomic E-state index is 6.09. The molecule has 0 amide bonds. The molecule has 4 heteroatoms. The molecule has 21 heavy (non-hydrogen) atoms. The monoisotopic (exact) mass is 285 g/mol. The second-order valence-electron chi connectivity index (χ2n) is 5.00. The van der Waals surface area contributed by atoms with Crippen molar-refractivity contribution < 1.29 is 14.3 Å². The van der Waals surface area contributed by atoms with Gasteiger partial charge < -0.3 is 9.47 Å². The Bertz CT molecular complexity index is 600. The van der Waals surface area contributed by atoms with Crippen LogP contribution in [-0.2, 0) is 4.84 Å². The Balaban J connectivity index is 2.05. The summed E-state index contributed by atoms with van der Waals surface area (Å²) in [5.74, 6) is 1.60. The number of rotatable bonds is 2. The highest BCUT2D eigenvalue weighted by atomic mass is 16.7. The Hall–Kier alpha value is -2.04. The SMILES string of the molecule is COc1ccc2c(c1)OCCN(C)O[C@@H]2c1ccccc1. The van der Waals surface area contributed by atoms with Crippen molar-refractivity contribution in [2.24, 2.45) is 0 Å². The van der Waals surface area contributed by atoms with Gasteiger partial charge in [-0.2, -0.15) is 5.06 Å². The van der Waals surface area contributed by atoms with Crippen molar-refractivity contribution in [3.8, 4) is 11.5 Å². The first-order chi connectivity index (χ1) is 10.3. The molecule has 2 aromatic rings. The van der Waals surface area contributed by atoms with Crippen LogP contribution >= 0.6 is 0 Å². The second kappa shape index (κ2) is 6.16. The molecule has 0 spiro atoms. The van der Waals surface area contributed by atoms with E-state index < -0.39 is 0 Å². The maximum atomic E-state index is 6.09. The highest BCUT2D eigenvalue weighted by molar-refractivity contribution is 5.45. The highest BCUT2D eigenvalue weighted by Crippen LogP contribution is 2.36. The van der Waals surface area contributed by atoms with Crippen molar-refractivity contribution in [3.05, 3.63) is 59.7 Å². The van der Waals surface area contributed by atoms with E-state index in [2.05, 4.69) is 12.1 Å². The van der Waals surface area contributed by atoms with Crippen molar-refractivity contribution in [3.63, 3.8) is 0 Å². The Kier molecular flexibility index (Phi) is 4.08. The molecule has 0 N–H and O–H groups in total. The Morgan fingerprint density at radius 2 is 1.95 bits per heavy atom. The van der Waals surface area contributed by atoms with Crippen LogP contribution in [0.15, 0.2) is 48.5 Å². The summed E-state index contributed by atoms with van der Waals surface area (Å²) in [6, 6.07) is 16.0. The number of hydroxylamine groups is 2. The minimum atomic E-state index is -0.183. The minimum absolute atomic E-state index is 0.183. The third-order valence-electron chi connectivity index (χ3n) is 3.55. The van der Waals surface area contributed by atoms with Gasteiger partial charge in [0.05, 0.1) is 13.7 Å². The third-order valence-corrected chi connectivity index (χ3v) is 3.55. The summed E-state index contributed by atoms with van der Waals surface area (Å²) in [6.07, 6.45) is -0.183. The molecule has 1 atom stereocenters. The molecule has 110 valence electrons. The van der Waals surface area contributed by atoms with Crippen molar-refractivity contribution >= 4 is 0 Å². The predicted octanol–water partition coefficient (Wildman–Crippen LogP) is 3.04. The third kappa shape index (κ3) is 3.01. The maximum Gasteiger partial charge on any atom is 0.133 e. The largest absolute Gasteiger partial charge is 0.497 e. The summed E-state index contributed by atoms with van der Waals surface area (Å²) < 4.78 is 11.2. The number of ether oxygens (including phenoxy) is 2. The number of nitrogens with zero attached hydrogens (tertiary/aromatic N) is 1.